The Kier molecular flexibility index (Phi) is 3.73. The van der Waals surface area contributed by atoms with Crippen LogP contribution in [0.25, 0.3) is 11.5 Å². The summed E-state index contributed by atoms with van der Waals surface area (Å²) in [7, 11) is 1.62. The highest BCUT2D eigenvalue weighted by Gasteiger charge is 2.25. The molecule has 0 amide bonds. The Morgan fingerprint density at radius 1 is 1.30 bits per heavy atom. The van der Waals surface area contributed by atoms with Gasteiger partial charge in [0.15, 0.2) is 0 Å². The van der Waals surface area contributed by atoms with Gasteiger partial charge in [0.25, 0.3) is 5.22 Å². The number of carbonyl (C=O) groups is 1. The van der Waals surface area contributed by atoms with Crippen LogP contribution in [-0.4, -0.2) is 28.3 Å². The second kappa shape index (κ2) is 5.66. The third-order valence-corrected chi connectivity index (χ3v) is 4.31. The van der Waals surface area contributed by atoms with Crippen molar-refractivity contribution in [1.29, 1.82) is 0 Å². The van der Waals surface area contributed by atoms with Gasteiger partial charge in [-0.1, -0.05) is 11.8 Å². The lowest BCUT2D eigenvalue weighted by atomic mass is 10.2. The number of ether oxygens (including phenoxy) is 1. The van der Waals surface area contributed by atoms with Crippen LogP contribution in [0, 0.1) is 0 Å². The molecule has 1 saturated carbocycles. The zero-order chi connectivity index (χ0) is 13.9. The van der Waals surface area contributed by atoms with Gasteiger partial charge in [-0.25, -0.2) is 0 Å². The summed E-state index contributed by atoms with van der Waals surface area (Å²) in [6, 6.07) is 7.45. The second-order valence-electron chi connectivity index (χ2n) is 4.62. The maximum absolute atomic E-state index is 11.2. The zero-order valence-corrected chi connectivity index (χ0v) is 11.9. The lowest BCUT2D eigenvalue weighted by Gasteiger charge is -2.02. The molecule has 0 aliphatic heterocycles. The number of ketones is 1. The molecule has 1 aliphatic rings. The Morgan fingerprint density at radius 2 is 2.10 bits per heavy atom. The highest BCUT2D eigenvalue weighted by molar-refractivity contribution is 7.99. The summed E-state index contributed by atoms with van der Waals surface area (Å²) in [5, 5.41) is 8.86. The van der Waals surface area contributed by atoms with Gasteiger partial charge in [0, 0.05) is 23.7 Å². The number of hydrogen-bond acceptors (Lipinski definition) is 6. The van der Waals surface area contributed by atoms with E-state index in [9.17, 15) is 4.79 Å². The molecule has 0 spiro atoms. The van der Waals surface area contributed by atoms with Crippen LogP contribution in [0.1, 0.15) is 19.3 Å². The zero-order valence-electron chi connectivity index (χ0n) is 11.0. The van der Waals surface area contributed by atoms with E-state index in [0.717, 1.165) is 17.7 Å². The first-order valence-electron chi connectivity index (χ1n) is 6.41. The van der Waals surface area contributed by atoms with Crippen molar-refractivity contribution in [2.75, 3.05) is 7.11 Å². The first-order chi connectivity index (χ1) is 9.74. The molecule has 1 heterocycles. The predicted octanol–water partition coefficient (Wildman–Crippen LogP) is 2.96. The minimum atomic E-state index is 0.270. The molecule has 3 rings (SSSR count). The van der Waals surface area contributed by atoms with E-state index in [1.165, 1.54) is 11.8 Å². The van der Waals surface area contributed by atoms with Gasteiger partial charge in [-0.05, 0) is 30.7 Å². The molecular formula is C14H14N2O3S. The predicted molar refractivity (Wildman–Crippen MR) is 74.8 cm³/mol. The Labute approximate surface area is 120 Å². The summed E-state index contributed by atoms with van der Waals surface area (Å²) in [4.78, 5) is 11.2. The van der Waals surface area contributed by atoms with Crippen LogP contribution in [0.2, 0.25) is 0 Å². The maximum atomic E-state index is 11.2. The molecule has 0 saturated heterocycles. The second-order valence-corrected chi connectivity index (χ2v) is 5.87. The summed E-state index contributed by atoms with van der Waals surface area (Å²) < 4.78 is 10.7. The number of nitrogens with zero attached hydrogens (tertiary/aromatic N) is 2. The standard InChI is InChI=1S/C14H14N2O3S/c1-18-11-5-2-9(3-6-11)13-15-16-14(19-13)20-12-7-4-10(17)8-12/h2-3,5-6,12H,4,7-8H2,1H3/t12-/m0/s1. The fraction of sp³-hybridized carbons (Fsp3) is 0.357. The van der Waals surface area contributed by atoms with Crippen molar-refractivity contribution in [3.8, 4) is 17.2 Å². The monoisotopic (exact) mass is 290 g/mol. The van der Waals surface area contributed by atoms with Gasteiger partial charge in [0.2, 0.25) is 5.89 Å². The van der Waals surface area contributed by atoms with Crippen molar-refractivity contribution in [2.45, 2.75) is 29.7 Å². The molecule has 6 heteroatoms. The normalized spacial score (nSPS) is 18.4. The van der Waals surface area contributed by atoms with Crippen molar-refractivity contribution in [1.82, 2.24) is 10.2 Å². The van der Waals surface area contributed by atoms with E-state index in [1.54, 1.807) is 7.11 Å². The number of carbonyl (C=O) groups excluding carboxylic acids is 1. The van der Waals surface area contributed by atoms with E-state index in [2.05, 4.69) is 10.2 Å². The van der Waals surface area contributed by atoms with Crippen LogP contribution in [0.4, 0.5) is 0 Å². The number of aromatic nitrogens is 2. The molecule has 20 heavy (non-hydrogen) atoms. The van der Waals surface area contributed by atoms with E-state index in [4.69, 9.17) is 9.15 Å². The van der Waals surface area contributed by atoms with E-state index in [0.29, 0.717) is 29.7 Å². The van der Waals surface area contributed by atoms with Crippen molar-refractivity contribution < 1.29 is 13.9 Å². The van der Waals surface area contributed by atoms with Gasteiger partial charge in [0.1, 0.15) is 11.5 Å². The molecule has 5 nitrogen and oxygen atoms in total. The maximum Gasteiger partial charge on any atom is 0.277 e. The Hall–Kier alpha value is -1.82. The minimum absolute atomic E-state index is 0.270. The van der Waals surface area contributed by atoms with Crippen LogP contribution >= 0.6 is 11.8 Å². The lowest BCUT2D eigenvalue weighted by molar-refractivity contribution is -0.117. The largest absolute Gasteiger partial charge is 0.497 e. The molecule has 1 fully saturated rings. The number of hydrogen-bond donors (Lipinski definition) is 0. The van der Waals surface area contributed by atoms with Gasteiger partial charge in [0.05, 0.1) is 7.11 Å². The molecule has 0 unspecified atom stereocenters. The van der Waals surface area contributed by atoms with Gasteiger partial charge in [-0.2, -0.15) is 0 Å². The van der Waals surface area contributed by atoms with Gasteiger partial charge in [-0.15, -0.1) is 10.2 Å². The summed E-state index contributed by atoms with van der Waals surface area (Å²) in [6.45, 7) is 0. The van der Waals surface area contributed by atoms with E-state index in [-0.39, 0.29) is 5.25 Å². The molecule has 2 aromatic rings. The highest BCUT2D eigenvalue weighted by atomic mass is 32.2. The topological polar surface area (TPSA) is 65.2 Å². The SMILES string of the molecule is COc1ccc(-c2nnc(S[C@H]3CCC(=O)C3)o2)cc1. The van der Waals surface area contributed by atoms with Gasteiger partial charge in [-0.3, -0.25) is 4.79 Å². The fourth-order valence-electron chi connectivity index (χ4n) is 2.13. The Balaban J connectivity index is 1.70. The number of rotatable bonds is 4. The fourth-order valence-corrected chi connectivity index (χ4v) is 3.14. The smallest absolute Gasteiger partial charge is 0.277 e. The molecule has 0 radical (unpaired) electrons. The van der Waals surface area contributed by atoms with Crippen LogP contribution < -0.4 is 4.74 Å². The van der Waals surface area contributed by atoms with Gasteiger partial charge < -0.3 is 9.15 Å². The molecule has 1 atom stereocenters. The third-order valence-electron chi connectivity index (χ3n) is 3.21. The molecule has 1 aromatic heterocycles. The van der Waals surface area contributed by atoms with Crippen molar-refractivity contribution in [3.63, 3.8) is 0 Å². The highest BCUT2D eigenvalue weighted by Crippen LogP contribution is 2.33. The summed E-state index contributed by atoms with van der Waals surface area (Å²) in [6.07, 6.45) is 2.16. The van der Waals surface area contributed by atoms with Crippen LogP contribution in [0.15, 0.2) is 33.9 Å². The van der Waals surface area contributed by atoms with Gasteiger partial charge >= 0.3 is 0 Å². The van der Waals surface area contributed by atoms with Crippen molar-refractivity contribution in [2.24, 2.45) is 0 Å². The third kappa shape index (κ3) is 2.85. The Bertz CT molecular complexity index is 609. The average molecular weight is 290 g/mol. The molecule has 1 aromatic carbocycles. The van der Waals surface area contributed by atoms with Crippen molar-refractivity contribution in [3.05, 3.63) is 24.3 Å². The van der Waals surface area contributed by atoms with Crippen LogP contribution in [-0.2, 0) is 4.79 Å². The van der Waals surface area contributed by atoms with Crippen LogP contribution in [0.3, 0.4) is 0 Å². The van der Waals surface area contributed by atoms with E-state index >= 15 is 0 Å². The first-order valence-corrected chi connectivity index (χ1v) is 7.29. The number of thioether (sulfide) groups is 1. The summed E-state index contributed by atoms with van der Waals surface area (Å²) in [5.74, 6) is 1.59. The summed E-state index contributed by atoms with van der Waals surface area (Å²) >= 11 is 1.49. The molecule has 0 bridgehead atoms. The molecule has 104 valence electrons. The van der Waals surface area contributed by atoms with E-state index < -0.39 is 0 Å². The molecule has 0 N–H and O–H groups in total. The minimum Gasteiger partial charge on any atom is -0.497 e. The molecule has 1 aliphatic carbocycles. The summed E-state index contributed by atoms with van der Waals surface area (Å²) in [5.41, 5.74) is 0.854. The average Bonchev–Trinajstić information content (AvgIpc) is 3.09. The van der Waals surface area contributed by atoms with E-state index in [1.807, 2.05) is 24.3 Å². The number of Topliss-reactive ketones (excluding diaryl/α,β-unsaturated/α-hetero) is 1. The lowest BCUT2D eigenvalue weighted by Crippen LogP contribution is -1.95. The number of methoxy groups -OCH3 is 1. The van der Waals surface area contributed by atoms with Crippen molar-refractivity contribution >= 4 is 17.5 Å². The quantitative estimate of drug-likeness (QED) is 0.862. The van der Waals surface area contributed by atoms with Crippen LogP contribution in [0.5, 0.6) is 5.75 Å². The Morgan fingerprint density at radius 3 is 2.75 bits per heavy atom. The number of benzene rings is 1. The molecular weight excluding hydrogens is 276 g/mol. The first kappa shape index (κ1) is 13.2.